The van der Waals surface area contributed by atoms with Crippen molar-refractivity contribution in [2.45, 2.75) is 32.8 Å². The number of hydrogen-bond donors (Lipinski definition) is 0. The number of esters is 2. The lowest BCUT2D eigenvalue weighted by Crippen LogP contribution is -2.35. The molecule has 9 nitrogen and oxygen atoms in total. The standard InChI is InChI=1S/C28H34N2O7/c1-18-24(27(31)35-5)26(21-10-11-22(33-3)23(15-21)34-4)25(28(32)36-6)19(2)30(18)13-8-14-37-17-20-9-7-12-29-16-20/h7,9-12,15-16,26H,8,13-14,17H2,1-6H3. The van der Waals surface area contributed by atoms with Crippen molar-refractivity contribution in [3.8, 4) is 11.5 Å². The normalized spacial score (nSPS) is 14.1. The second kappa shape index (κ2) is 12.9. The van der Waals surface area contributed by atoms with Crippen LogP contribution in [0.5, 0.6) is 11.5 Å². The number of methoxy groups -OCH3 is 4. The highest BCUT2D eigenvalue weighted by Crippen LogP contribution is 2.44. The van der Waals surface area contributed by atoms with Gasteiger partial charge in [-0.1, -0.05) is 12.1 Å². The smallest absolute Gasteiger partial charge is 0.336 e. The summed E-state index contributed by atoms with van der Waals surface area (Å²) in [6, 6.07) is 9.14. The van der Waals surface area contributed by atoms with Crippen LogP contribution in [0.2, 0.25) is 0 Å². The Hall–Kier alpha value is -3.85. The third-order valence-electron chi connectivity index (χ3n) is 6.38. The molecule has 198 valence electrons. The first kappa shape index (κ1) is 27.7. The summed E-state index contributed by atoms with van der Waals surface area (Å²) in [5.41, 5.74) is 3.78. The summed E-state index contributed by atoms with van der Waals surface area (Å²) in [4.78, 5) is 32.3. The third-order valence-corrected chi connectivity index (χ3v) is 6.38. The molecule has 37 heavy (non-hydrogen) atoms. The third kappa shape index (κ3) is 6.11. The van der Waals surface area contributed by atoms with Crippen molar-refractivity contribution in [2.75, 3.05) is 41.6 Å². The molecule has 0 atom stereocenters. The number of hydrogen-bond acceptors (Lipinski definition) is 9. The number of pyridine rings is 1. The summed E-state index contributed by atoms with van der Waals surface area (Å²) in [6.07, 6.45) is 4.15. The second-order valence-electron chi connectivity index (χ2n) is 8.45. The highest BCUT2D eigenvalue weighted by molar-refractivity contribution is 5.99. The summed E-state index contributed by atoms with van der Waals surface area (Å²) >= 11 is 0. The van der Waals surface area contributed by atoms with Crippen molar-refractivity contribution in [3.63, 3.8) is 0 Å². The van der Waals surface area contributed by atoms with Crippen molar-refractivity contribution < 1.29 is 33.3 Å². The molecule has 0 saturated heterocycles. The quantitative estimate of drug-likeness (QED) is 0.328. The highest BCUT2D eigenvalue weighted by Gasteiger charge is 2.40. The predicted molar refractivity (Wildman–Crippen MR) is 137 cm³/mol. The molecule has 1 aromatic carbocycles. The monoisotopic (exact) mass is 510 g/mol. The largest absolute Gasteiger partial charge is 0.493 e. The second-order valence-corrected chi connectivity index (χ2v) is 8.45. The maximum Gasteiger partial charge on any atom is 0.336 e. The lowest BCUT2D eigenvalue weighted by molar-refractivity contribution is -0.137. The molecule has 0 unspecified atom stereocenters. The SMILES string of the molecule is COC(=O)C1=C(C)N(CCCOCc2cccnc2)C(C)=C(C(=O)OC)C1c1ccc(OC)c(OC)c1. The van der Waals surface area contributed by atoms with Crippen LogP contribution in [0.4, 0.5) is 0 Å². The zero-order valence-corrected chi connectivity index (χ0v) is 22.2. The molecular formula is C28H34N2O7. The number of carbonyl (C=O) groups excluding carboxylic acids is 2. The summed E-state index contributed by atoms with van der Waals surface area (Å²) < 4.78 is 27.0. The molecule has 0 radical (unpaired) electrons. The molecule has 0 fully saturated rings. The number of carbonyl (C=O) groups is 2. The van der Waals surface area contributed by atoms with Gasteiger partial charge in [0, 0.05) is 36.9 Å². The van der Waals surface area contributed by atoms with Gasteiger partial charge >= 0.3 is 11.9 Å². The van der Waals surface area contributed by atoms with Crippen molar-refractivity contribution in [1.82, 2.24) is 9.88 Å². The van der Waals surface area contributed by atoms with Gasteiger partial charge in [-0.25, -0.2) is 9.59 Å². The molecule has 0 amide bonds. The van der Waals surface area contributed by atoms with E-state index in [9.17, 15) is 9.59 Å². The minimum Gasteiger partial charge on any atom is -0.493 e. The van der Waals surface area contributed by atoms with Gasteiger partial charge in [0.15, 0.2) is 11.5 Å². The Bertz CT molecular complexity index is 1130. The number of ether oxygens (including phenoxy) is 5. The number of rotatable bonds is 11. The van der Waals surface area contributed by atoms with Crippen LogP contribution in [0.15, 0.2) is 65.3 Å². The van der Waals surface area contributed by atoms with Crippen LogP contribution < -0.4 is 9.47 Å². The Kier molecular flexibility index (Phi) is 9.68. The van der Waals surface area contributed by atoms with E-state index in [1.807, 2.05) is 30.9 Å². The summed E-state index contributed by atoms with van der Waals surface area (Å²) in [6.45, 7) is 5.19. The zero-order chi connectivity index (χ0) is 26.9. The topological polar surface area (TPSA) is 96.4 Å². The lowest BCUT2D eigenvalue weighted by Gasteiger charge is -2.38. The van der Waals surface area contributed by atoms with Crippen molar-refractivity contribution in [2.24, 2.45) is 0 Å². The van der Waals surface area contributed by atoms with Crippen molar-refractivity contribution in [1.29, 1.82) is 0 Å². The highest BCUT2D eigenvalue weighted by atomic mass is 16.5. The van der Waals surface area contributed by atoms with Crippen molar-refractivity contribution in [3.05, 3.63) is 76.4 Å². The van der Waals surface area contributed by atoms with Crippen LogP contribution in [0.25, 0.3) is 0 Å². The van der Waals surface area contributed by atoms with Gasteiger partial charge in [0.2, 0.25) is 0 Å². The minimum absolute atomic E-state index is 0.358. The van der Waals surface area contributed by atoms with E-state index in [-0.39, 0.29) is 0 Å². The molecule has 0 aliphatic carbocycles. The molecule has 3 rings (SSSR count). The molecule has 1 aliphatic rings. The van der Waals surface area contributed by atoms with E-state index in [4.69, 9.17) is 23.7 Å². The van der Waals surface area contributed by atoms with Gasteiger partial charge in [-0.15, -0.1) is 0 Å². The van der Waals surface area contributed by atoms with Crippen LogP contribution in [0, 0.1) is 0 Å². The average Bonchev–Trinajstić information content (AvgIpc) is 2.93. The van der Waals surface area contributed by atoms with Gasteiger partial charge < -0.3 is 28.6 Å². The lowest BCUT2D eigenvalue weighted by atomic mass is 9.79. The first-order valence-corrected chi connectivity index (χ1v) is 11.9. The van der Waals surface area contributed by atoms with Gasteiger partial charge in [0.25, 0.3) is 0 Å². The van der Waals surface area contributed by atoms with E-state index < -0.39 is 17.9 Å². The molecule has 1 aliphatic heterocycles. The Balaban J connectivity index is 1.95. The van der Waals surface area contributed by atoms with Gasteiger partial charge in [-0.3, -0.25) is 4.98 Å². The molecule has 2 aromatic rings. The summed E-state index contributed by atoms with van der Waals surface area (Å²) in [7, 11) is 5.73. The average molecular weight is 511 g/mol. The number of aromatic nitrogens is 1. The van der Waals surface area contributed by atoms with Gasteiger partial charge in [0.1, 0.15) is 0 Å². The van der Waals surface area contributed by atoms with Crippen LogP contribution >= 0.6 is 0 Å². The Morgan fingerprint density at radius 1 is 0.919 bits per heavy atom. The van der Waals surface area contributed by atoms with E-state index in [0.717, 1.165) is 5.56 Å². The molecule has 0 bridgehead atoms. The van der Waals surface area contributed by atoms with Crippen LogP contribution in [-0.2, 0) is 30.4 Å². The summed E-state index contributed by atoms with van der Waals surface area (Å²) in [5, 5.41) is 0. The fraction of sp³-hybridized carbons (Fsp3) is 0.393. The first-order chi connectivity index (χ1) is 17.9. The molecule has 2 heterocycles. The number of allylic oxidation sites excluding steroid dienone is 2. The molecular weight excluding hydrogens is 476 g/mol. The zero-order valence-electron chi connectivity index (χ0n) is 22.2. The predicted octanol–water partition coefficient (Wildman–Crippen LogP) is 4.00. The Morgan fingerprint density at radius 2 is 1.57 bits per heavy atom. The Labute approximate surface area is 217 Å². The van der Waals surface area contributed by atoms with Crippen molar-refractivity contribution >= 4 is 11.9 Å². The first-order valence-electron chi connectivity index (χ1n) is 11.9. The maximum absolute atomic E-state index is 13.1. The summed E-state index contributed by atoms with van der Waals surface area (Å²) in [5.74, 6) is -0.738. The van der Waals surface area contributed by atoms with Crippen LogP contribution in [-0.4, -0.2) is 63.4 Å². The van der Waals surface area contributed by atoms with Gasteiger partial charge in [-0.05, 0) is 49.6 Å². The number of benzene rings is 1. The van der Waals surface area contributed by atoms with Crippen LogP contribution in [0.3, 0.4) is 0 Å². The molecule has 1 aromatic heterocycles. The molecule has 0 N–H and O–H groups in total. The van der Waals surface area contributed by atoms with E-state index in [1.165, 1.54) is 21.3 Å². The van der Waals surface area contributed by atoms with E-state index in [0.29, 0.717) is 65.8 Å². The van der Waals surface area contributed by atoms with Gasteiger partial charge in [0.05, 0.1) is 52.1 Å². The Morgan fingerprint density at radius 3 is 2.11 bits per heavy atom. The van der Waals surface area contributed by atoms with E-state index >= 15 is 0 Å². The van der Waals surface area contributed by atoms with E-state index in [1.54, 1.807) is 37.7 Å². The van der Waals surface area contributed by atoms with E-state index in [2.05, 4.69) is 4.98 Å². The fourth-order valence-electron chi connectivity index (χ4n) is 4.55. The molecule has 0 saturated carbocycles. The van der Waals surface area contributed by atoms with Gasteiger partial charge in [-0.2, -0.15) is 0 Å². The fourth-order valence-corrected chi connectivity index (χ4v) is 4.55. The van der Waals surface area contributed by atoms with Crippen LogP contribution in [0.1, 0.15) is 37.3 Å². The molecule has 0 spiro atoms. The number of nitrogens with zero attached hydrogens (tertiary/aromatic N) is 2. The molecule has 9 heteroatoms. The minimum atomic E-state index is -0.710. The maximum atomic E-state index is 13.1.